The molecule has 1 aromatic carbocycles. The second-order valence-corrected chi connectivity index (χ2v) is 10.9. The van der Waals surface area contributed by atoms with Crippen LogP contribution >= 0.6 is 0 Å². The lowest BCUT2D eigenvalue weighted by Crippen LogP contribution is -2.38. The first kappa shape index (κ1) is 24.4. The van der Waals surface area contributed by atoms with E-state index < -0.39 is 16.1 Å². The number of hydrogen-bond donors (Lipinski definition) is 1. The second-order valence-electron chi connectivity index (χ2n) is 9.04. The molecule has 1 aliphatic carbocycles. The number of nitrogens with zero attached hydrogens (tertiary/aromatic N) is 3. The van der Waals surface area contributed by atoms with Gasteiger partial charge in [-0.25, -0.2) is 17.8 Å². The molecule has 0 aliphatic heterocycles. The van der Waals surface area contributed by atoms with Crippen LogP contribution in [0.3, 0.4) is 0 Å². The Morgan fingerprint density at radius 2 is 1.88 bits per heavy atom. The van der Waals surface area contributed by atoms with Gasteiger partial charge in [0.05, 0.1) is 30.7 Å². The van der Waals surface area contributed by atoms with Gasteiger partial charge in [0.2, 0.25) is 10.0 Å². The topological polar surface area (TPSA) is 95.2 Å². The molecule has 0 saturated heterocycles. The van der Waals surface area contributed by atoms with E-state index in [-0.39, 0.29) is 24.8 Å². The minimum atomic E-state index is -3.42. The van der Waals surface area contributed by atoms with Gasteiger partial charge in [-0.2, -0.15) is 5.10 Å². The molecule has 1 unspecified atom stereocenters. The van der Waals surface area contributed by atoms with Crippen LogP contribution in [0.4, 0.5) is 0 Å². The molecule has 182 valence electrons. The van der Waals surface area contributed by atoms with Crippen LogP contribution in [0.25, 0.3) is 5.69 Å². The Morgan fingerprint density at radius 3 is 2.53 bits per heavy atom. The molecular formula is C25H32N4O4S. The average Bonchev–Trinajstić information content (AvgIpc) is 3.37. The molecule has 1 saturated carbocycles. The van der Waals surface area contributed by atoms with Crippen LogP contribution < -0.4 is 10.3 Å². The molecule has 1 N–H and O–H groups in total. The van der Waals surface area contributed by atoms with Crippen LogP contribution in [0, 0.1) is 6.92 Å². The Bertz CT molecular complexity index is 1230. The Kier molecular flexibility index (Phi) is 7.65. The maximum Gasteiger partial charge on any atom is 0.253 e. The van der Waals surface area contributed by atoms with Crippen LogP contribution in [0.15, 0.2) is 65.8 Å². The van der Waals surface area contributed by atoms with Gasteiger partial charge in [-0.1, -0.05) is 30.3 Å². The summed E-state index contributed by atoms with van der Waals surface area (Å²) in [5, 5.41) is 4.25. The van der Waals surface area contributed by atoms with Crippen molar-refractivity contribution in [1.29, 1.82) is 0 Å². The second kappa shape index (κ2) is 10.7. The average molecular weight is 485 g/mol. The van der Waals surface area contributed by atoms with Crippen LogP contribution in [0.5, 0.6) is 0 Å². The van der Waals surface area contributed by atoms with Crippen molar-refractivity contribution in [2.45, 2.75) is 50.7 Å². The van der Waals surface area contributed by atoms with Crippen molar-refractivity contribution in [3.05, 3.63) is 82.5 Å². The van der Waals surface area contributed by atoms with E-state index >= 15 is 0 Å². The third kappa shape index (κ3) is 6.22. The van der Waals surface area contributed by atoms with Gasteiger partial charge >= 0.3 is 0 Å². The molecule has 1 atom stereocenters. The Morgan fingerprint density at radius 1 is 1.15 bits per heavy atom. The molecule has 0 radical (unpaired) electrons. The molecule has 2 aromatic heterocycles. The van der Waals surface area contributed by atoms with Gasteiger partial charge in [0, 0.05) is 30.7 Å². The van der Waals surface area contributed by atoms with E-state index in [0.29, 0.717) is 11.5 Å². The van der Waals surface area contributed by atoms with Gasteiger partial charge < -0.3 is 9.30 Å². The zero-order valence-corrected chi connectivity index (χ0v) is 20.4. The van der Waals surface area contributed by atoms with Crippen molar-refractivity contribution in [1.82, 2.24) is 19.1 Å². The van der Waals surface area contributed by atoms with Gasteiger partial charge in [-0.15, -0.1) is 0 Å². The first-order chi connectivity index (χ1) is 16.3. The number of pyridine rings is 1. The smallest absolute Gasteiger partial charge is 0.253 e. The number of benzene rings is 1. The van der Waals surface area contributed by atoms with Crippen molar-refractivity contribution in [3.63, 3.8) is 0 Å². The number of aryl methyl sites for hydroxylation is 1. The zero-order valence-electron chi connectivity index (χ0n) is 19.6. The first-order valence-corrected chi connectivity index (χ1v) is 13.5. The SMILES string of the molecule is Cc1cc(-n2cccn2)cn(C(CNS(C)(=O)=O)CO[C@H]2CC[C@@H](c3ccccc3)CC2)c1=O. The van der Waals surface area contributed by atoms with E-state index in [1.54, 1.807) is 40.8 Å². The summed E-state index contributed by atoms with van der Waals surface area (Å²) >= 11 is 0. The molecule has 0 amide bonds. The normalized spacial score (nSPS) is 19.7. The lowest BCUT2D eigenvalue weighted by Gasteiger charge is -2.30. The largest absolute Gasteiger partial charge is 0.376 e. The molecule has 9 heteroatoms. The summed E-state index contributed by atoms with van der Waals surface area (Å²) in [6, 6.07) is 13.7. The quantitative estimate of drug-likeness (QED) is 0.503. The van der Waals surface area contributed by atoms with E-state index in [1.807, 2.05) is 12.1 Å². The maximum atomic E-state index is 13.0. The molecule has 2 heterocycles. The molecule has 0 bridgehead atoms. The number of sulfonamides is 1. The van der Waals surface area contributed by atoms with Crippen molar-refractivity contribution in [3.8, 4) is 5.69 Å². The van der Waals surface area contributed by atoms with E-state index in [1.165, 1.54) is 5.56 Å². The molecule has 8 nitrogen and oxygen atoms in total. The number of ether oxygens (including phenoxy) is 1. The van der Waals surface area contributed by atoms with Crippen LogP contribution in [-0.2, 0) is 14.8 Å². The third-order valence-electron chi connectivity index (χ3n) is 6.42. The monoisotopic (exact) mass is 484 g/mol. The highest BCUT2D eigenvalue weighted by molar-refractivity contribution is 7.88. The molecule has 1 aliphatic rings. The summed E-state index contributed by atoms with van der Waals surface area (Å²) in [5.74, 6) is 0.541. The van der Waals surface area contributed by atoms with E-state index in [0.717, 1.165) is 37.6 Å². The predicted octanol–water partition coefficient (Wildman–Crippen LogP) is 3.18. The van der Waals surface area contributed by atoms with Gasteiger partial charge in [0.15, 0.2) is 0 Å². The van der Waals surface area contributed by atoms with Crippen LogP contribution in [-0.4, -0.2) is 48.3 Å². The number of nitrogens with one attached hydrogen (secondary N) is 1. The maximum absolute atomic E-state index is 13.0. The van der Waals surface area contributed by atoms with Gasteiger partial charge in [0.25, 0.3) is 5.56 Å². The highest BCUT2D eigenvalue weighted by atomic mass is 32.2. The van der Waals surface area contributed by atoms with E-state index in [9.17, 15) is 13.2 Å². The Hall–Kier alpha value is -2.75. The fourth-order valence-corrected chi connectivity index (χ4v) is 5.06. The summed E-state index contributed by atoms with van der Waals surface area (Å²) < 4.78 is 35.6. The molecule has 1 fully saturated rings. The predicted molar refractivity (Wildman–Crippen MR) is 132 cm³/mol. The first-order valence-electron chi connectivity index (χ1n) is 11.6. The third-order valence-corrected chi connectivity index (χ3v) is 7.11. The highest BCUT2D eigenvalue weighted by Crippen LogP contribution is 2.34. The Labute approximate surface area is 200 Å². The molecule has 0 spiro atoms. The minimum absolute atomic E-state index is 0.0695. The van der Waals surface area contributed by atoms with Gasteiger partial charge in [-0.3, -0.25) is 4.79 Å². The fraction of sp³-hybridized carbons (Fsp3) is 0.440. The minimum Gasteiger partial charge on any atom is -0.376 e. The number of rotatable bonds is 9. The number of aromatic nitrogens is 3. The van der Waals surface area contributed by atoms with Crippen molar-refractivity contribution in [2.24, 2.45) is 0 Å². The van der Waals surface area contributed by atoms with Crippen LogP contribution in [0.2, 0.25) is 0 Å². The Balaban J connectivity index is 1.48. The van der Waals surface area contributed by atoms with Crippen molar-refractivity contribution >= 4 is 10.0 Å². The van der Waals surface area contributed by atoms with Crippen LogP contribution in [0.1, 0.15) is 48.8 Å². The molecular weight excluding hydrogens is 452 g/mol. The lowest BCUT2D eigenvalue weighted by atomic mass is 9.83. The summed E-state index contributed by atoms with van der Waals surface area (Å²) in [6.07, 6.45) is 10.4. The standard InChI is InChI=1S/C25H32N4O4S/c1-19-15-22(29-14-6-13-26-29)17-28(25(19)30)23(16-27-34(2,31)32)18-33-24-11-9-21(10-12-24)20-7-4-3-5-8-20/h3-8,13-15,17,21,23-24,27H,9-12,16,18H2,1-2H3/t21-,23?,24+. The molecule has 4 rings (SSSR count). The summed E-state index contributed by atoms with van der Waals surface area (Å²) in [6.45, 7) is 2.06. The van der Waals surface area contributed by atoms with Crippen molar-refractivity contribution in [2.75, 3.05) is 19.4 Å². The van der Waals surface area contributed by atoms with Crippen molar-refractivity contribution < 1.29 is 13.2 Å². The summed E-state index contributed by atoms with van der Waals surface area (Å²) in [5.41, 5.74) is 2.48. The zero-order chi connectivity index (χ0) is 24.1. The van der Waals surface area contributed by atoms with Gasteiger partial charge in [-0.05, 0) is 56.2 Å². The fourth-order valence-electron chi connectivity index (χ4n) is 4.56. The van der Waals surface area contributed by atoms with E-state index in [2.05, 4.69) is 34.1 Å². The summed E-state index contributed by atoms with van der Waals surface area (Å²) in [4.78, 5) is 13.0. The van der Waals surface area contributed by atoms with Gasteiger partial charge in [0.1, 0.15) is 0 Å². The highest BCUT2D eigenvalue weighted by Gasteiger charge is 2.25. The van der Waals surface area contributed by atoms with E-state index in [4.69, 9.17) is 4.74 Å². The summed E-state index contributed by atoms with van der Waals surface area (Å²) in [7, 11) is -3.42. The molecule has 3 aromatic rings. The molecule has 34 heavy (non-hydrogen) atoms. The number of hydrogen-bond acceptors (Lipinski definition) is 5. The lowest BCUT2D eigenvalue weighted by molar-refractivity contribution is 0.00734.